The first-order chi connectivity index (χ1) is 12.0. The van der Waals surface area contributed by atoms with Crippen LogP contribution >= 0.6 is 0 Å². The zero-order valence-electron chi connectivity index (χ0n) is 13.5. The summed E-state index contributed by atoms with van der Waals surface area (Å²) in [5.74, 6) is 0.736. The van der Waals surface area contributed by atoms with E-state index in [0.29, 0.717) is 34.8 Å². The summed E-state index contributed by atoms with van der Waals surface area (Å²) in [6.07, 6.45) is 5.54. The maximum atomic E-state index is 11.8. The summed E-state index contributed by atoms with van der Waals surface area (Å²) in [6, 6.07) is 8.84. The van der Waals surface area contributed by atoms with Gasteiger partial charge in [-0.1, -0.05) is 12.1 Å². The summed E-state index contributed by atoms with van der Waals surface area (Å²) < 4.78 is 25.2. The van der Waals surface area contributed by atoms with E-state index in [2.05, 4.69) is 15.4 Å². The van der Waals surface area contributed by atoms with Crippen molar-refractivity contribution in [3.8, 4) is 11.3 Å². The molecule has 1 aliphatic rings. The number of fused-ring (bicyclic) bond motifs is 1. The van der Waals surface area contributed by atoms with Gasteiger partial charge in [-0.25, -0.2) is 13.4 Å². The largest absolute Gasteiger partial charge is 0.367 e. The maximum absolute atomic E-state index is 11.8. The molecule has 8 heteroatoms. The van der Waals surface area contributed by atoms with Crippen LogP contribution in [-0.4, -0.2) is 41.6 Å². The number of sulfone groups is 1. The SMILES string of the molecule is CS(=O)(=O)c1cccc(-c2cc(NC3CC3)n3ncc(C=O)c3n2)c1. The predicted octanol–water partition coefficient (Wildman–Crippen LogP) is 2.19. The summed E-state index contributed by atoms with van der Waals surface area (Å²) in [7, 11) is -3.31. The van der Waals surface area contributed by atoms with Crippen molar-refractivity contribution in [3.63, 3.8) is 0 Å². The van der Waals surface area contributed by atoms with Crippen molar-refractivity contribution in [2.45, 2.75) is 23.8 Å². The first kappa shape index (κ1) is 15.8. The third-order valence-corrected chi connectivity index (χ3v) is 5.22. The molecule has 0 unspecified atom stereocenters. The first-order valence-corrected chi connectivity index (χ1v) is 9.76. The summed E-state index contributed by atoms with van der Waals surface area (Å²) in [5, 5.41) is 7.60. The van der Waals surface area contributed by atoms with E-state index in [1.54, 1.807) is 28.8 Å². The summed E-state index contributed by atoms with van der Waals surface area (Å²) in [5.41, 5.74) is 2.09. The predicted molar refractivity (Wildman–Crippen MR) is 93.6 cm³/mol. The van der Waals surface area contributed by atoms with Gasteiger partial charge in [0.25, 0.3) is 0 Å². The molecule has 0 atom stereocenters. The van der Waals surface area contributed by atoms with E-state index in [1.165, 1.54) is 12.5 Å². The van der Waals surface area contributed by atoms with Gasteiger partial charge in [0.1, 0.15) is 5.82 Å². The highest BCUT2D eigenvalue weighted by atomic mass is 32.2. The molecule has 3 aromatic rings. The lowest BCUT2D eigenvalue weighted by Crippen LogP contribution is -2.08. The molecule has 1 saturated carbocycles. The van der Waals surface area contributed by atoms with Crippen LogP contribution in [0.25, 0.3) is 16.9 Å². The third-order valence-electron chi connectivity index (χ3n) is 4.11. The number of anilines is 1. The smallest absolute Gasteiger partial charge is 0.175 e. The average Bonchev–Trinajstić information content (AvgIpc) is 3.30. The maximum Gasteiger partial charge on any atom is 0.175 e. The van der Waals surface area contributed by atoms with Crippen molar-refractivity contribution in [2.75, 3.05) is 11.6 Å². The van der Waals surface area contributed by atoms with Crippen molar-refractivity contribution < 1.29 is 13.2 Å². The number of hydrogen-bond donors (Lipinski definition) is 1. The van der Waals surface area contributed by atoms with Crippen LogP contribution in [0.15, 0.2) is 41.4 Å². The van der Waals surface area contributed by atoms with E-state index in [-0.39, 0.29) is 4.90 Å². The molecular weight excluding hydrogens is 340 g/mol. The summed E-state index contributed by atoms with van der Waals surface area (Å²) in [4.78, 5) is 16.0. The second-order valence-corrected chi connectivity index (χ2v) is 8.21. The molecule has 7 nitrogen and oxygen atoms in total. The third kappa shape index (κ3) is 3.00. The van der Waals surface area contributed by atoms with Crippen LogP contribution in [0.3, 0.4) is 0 Å². The quantitative estimate of drug-likeness (QED) is 0.704. The molecular formula is C17H16N4O3S. The number of hydrogen-bond acceptors (Lipinski definition) is 6. The standard InChI is InChI=1S/C17H16N4O3S/c1-25(23,24)14-4-2-3-11(7-14)15-8-16(19-13-5-6-13)21-17(20-15)12(10-22)9-18-21/h2-4,7-10,13,19H,5-6H2,1H3. The van der Waals surface area contributed by atoms with E-state index in [9.17, 15) is 13.2 Å². The molecule has 1 N–H and O–H groups in total. The highest BCUT2D eigenvalue weighted by Crippen LogP contribution is 2.29. The van der Waals surface area contributed by atoms with Crippen LogP contribution in [0.1, 0.15) is 23.2 Å². The molecule has 4 rings (SSSR count). The Morgan fingerprint density at radius 3 is 2.76 bits per heavy atom. The van der Waals surface area contributed by atoms with E-state index in [1.807, 2.05) is 6.07 Å². The molecule has 1 aliphatic carbocycles. The highest BCUT2D eigenvalue weighted by molar-refractivity contribution is 7.90. The van der Waals surface area contributed by atoms with Crippen molar-refractivity contribution in [2.24, 2.45) is 0 Å². The van der Waals surface area contributed by atoms with Gasteiger partial charge < -0.3 is 5.32 Å². The molecule has 0 saturated heterocycles. The molecule has 1 fully saturated rings. The van der Waals surface area contributed by atoms with E-state index in [0.717, 1.165) is 18.7 Å². The van der Waals surface area contributed by atoms with Crippen molar-refractivity contribution in [1.29, 1.82) is 0 Å². The zero-order chi connectivity index (χ0) is 17.6. The molecule has 0 aliphatic heterocycles. The zero-order valence-corrected chi connectivity index (χ0v) is 14.3. The Hall–Kier alpha value is -2.74. The lowest BCUT2D eigenvalue weighted by atomic mass is 10.1. The minimum Gasteiger partial charge on any atom is -0.367 e. The van der Waals surface area contributed by atoms with Crippen molar-refractivity contribution in [1.82, 2.24) is 14.6 Å². The van der Waals surface area contributed by atoms with Gasteiger partial charge in [-0.05, 0) is 25.0 Å². The minimum absolute atomic E-state index is 0.229. The second kappa shape index (κ2) is 5.66. The second-order valence-electron chi connectivity index (χ2n) is 6.20. The molecule has 2 aromatic heterocycles. The molecule has 0 bridgehead atoms. The van der Waals surface area contributed by atoms with Crippen LogP contribution in [0.2, 0.25) is 0 Å². The fourth-order valence-corrected chi connectivity index (χ4v) is 3.30. The lowest BCUT2D eigenvalue weighted by Gasteiger charge is -2.10. The van der Waals surface area contributed by atoms with Gasteiger partial charge in [0.15, 0.2) is 21.8 Å². The van der Waals surface area contributed by atoms with E-state index in [4.69, 9.17) is 0 Å². The van der Waals surface area contributed by atoms with Gasteiger partial charge in [0, 0.05) is 23.9 Å². The Balaban J connectivity index is 1.90. The molecule has 128 valence electrons. The van der Waals surface area contributed by atoms with Crippen LogP contribution < -0.4 is 5.32 Å². The Morgan fingerprint density at radius 1 is 1.28 bits per heavy atom. The number of aldehydes is 1. The Bertz CT molecular complexity index is 1080. The molecule has 1 aromatic carbocycles. The fourth-order valence-electron chi connectivity index (χ4n) is 2.64. The van der Waals surface area contributed by atoms with Gasteiger partial charge in [0.2, 0.25) is 0 Å². The van der Waals surface area contributed by atoms with Crippen LogP contribution in [-0.2, 0) is 9.84 Å². The summed E-state index contributed by atoms with van der Waals surface area (Å²) >= 11 is 0. The van der Waals surface area contributed by atoms with E-state index < -0.39 is 9.84 Å². The number of carbonyl (C=O) groups is 1. The molecule has 2 heterocycles. The van der Waals surface area contributed by atoms with Gasteiger partial charge in [-0.15, -0.1) is 0 Å². The van der Waals surface area contributed by atoms with Crippen LogP contribution in [0.4, 0.5) is 5.82 Å². The Morgan fingerprint density at radius 2 is 2.08 bits per heavy atom. The van der Waals surface area contributed by atoms with Crippen molar-refractivity contribution in [3.05, 3.63) is 42.1 Å². The first-order valence-electron chi connectivity index (χ1n) is 7.87. The minimum atomic E-state index is -3.31. The monoisotopic (exact) mass is 356 g/mol. The topological polar surface area (TPSA) is 93.4 Å². The number of benzene rings is 1. The Labute approximate surface area is 144 Å². The fraction of sp³-hybridized carbons (Fsp3) is 0.235. The Kier molecular flexibility index (Phi) is 3.57. The van der Waals surface area contributed by atoms with Crippen molar-refractivity contribution >= 4 is 27.6 Å². The van der Waals surface area contributed by atoms with Gasteiger partial charge in [0.05, 0.1) is 22.3 Å². The van der Waals surface area contributed by atoms with Gasteiger partial charge >= 0.3 is 0 Å². The van der Waals surface area contributed by atoms with Gasteiger partial charge in [-0.2, -0.15) is 9.61 Å². The number of carbonyl (C=O) groups excluding carboxylic acids is 1. The van der Waals surface area contributed by atoms with Gasteiger partial charge in [-0.3, -0.25) is 4.79 Å². The average molecular weight is 356 g/mol. The number of nitrogens with one attached hydrogen (secondary N) is 1. The number of aromatic nitrogens is 3. The summed E-state index contributed by atoms with van der Waals surface area (Å²) in [6.45, 7) is 0. The molecule has 25 heavy (non-hydrogen) atoms. The van der Waals surface area contributed by atoms with Crippen LogP contribution in [0, 0.1) is 0 Å². The normalized spacial score (nSPS) is 14.6. The highest BCUT2D eigenvalue weighted by Gasteiger charge is 2.23. The van der Waals surface area contributed by atoms with Crippen LogP contribution in [0.5, 0.6) is 0 Å². The van der Waals surface area contributed by atoms with E-state index >= 15 is 0 Å². The molecule has 0 spiro atoms. The molecule has 0 amide bonds. The number of nitrogens with zero attached hydrogens (tertiary/aromatic N) is 3. The molecule has 0 radical (unpaired) electrons. The lowest BCUT2D eigenvalue weighted by molar-refractivity contribution is 0.112. The number of rotatable bonds is 5.